The van der Waals surface area contributed by atoms with Crippen molar-refractivity contribution in [2.45, 2.75) is 38.0 Å². The van der Waals surface area contributed by atoms with Crippen LogP contribution in [-0.4, -0.2) is 71.5 Å². The van der Waals surface area contributed by atoms with Gasteiger partial charge in [0.15, 0.2) is 0 Å². The summed E-state index contributed by atoms with van der Waals surface area (Å²) in [5.41, 5.74) is 4.97. The predicted molar refractivity (Wildman–Crippen MR) is 104 cm³/mol. The molecule has 3 amide bonds. The number of nitriles is 1. The molecule has 1 fully saturated rings. The van der Waals surface area contributed by atoms with E-state index >= 15 is 0 Å². The van der Waals surface area contributed by atoms with E-state index < -0.39 is 23.7 Å². The molecule has 1 aliphatic heterocycles. The van der Waals surface area contributed by atoms with Crippen LogP contribution in [0.25, 0.3) is 0 Å². The average Bonchev–Trinajstić information content (AvgIpc) is 3.06. The van der Waals surface area contributed by atoms with Gasteiger partial charge in [0.1, 0.15) is 12.2 Å². The second-order valence-electron chi connectivity index (χ2n) is 7.75. The molecule has 1 aliphatic rings. The molecule has 0 radical (unpaired) electrons. The summed E-state index contributed by atoms with van der Waals surface area (Å²) in [6.07, 6.45) is -1.19. The van der Waals surface area contributed by atoms with Crippen molar-refractivity contribution in [1.82, 2.24) is 15.1 Å². The fourth-order valence-corrected chi connectivity index (χ4v) is 3.28. The van der Waals surface area contributed by atoms with Gasteiger partial charge in [0.2, 0.25) is 11.8 Å². The van der Waals surface area contributed by atoms with E-state index in [-0.39, 0.29) is 44.4 Å². The molecule has 1 saturated heterocycles. The number of alkyl halides is 1. The summed E-state index contributed by atoms with van der Waals surface area (Å²) in [5.74, 6) is -1.39. The summed E-state index contributed by atoms with van der Waals surface area (Å²) in [6.45, 7) is 3.18. The molecular formula is C20H26FN5O3. The number of likely N-dealkylation sites (tertiary alicyclic amines) is 1. The Morgan fingerprint density at radius 3 is 2.59 bits per heavy atom. The van der Waals surface area contributed by atoms with Crippen molar-refractivity contribution in [3.05, 3.63) is 35.9 Å². The quantitative estimate of drug-likeness (QED) is 0.653. The number of carbonyl (C=O) groups excluding carboxylic acids is 3. The van der Waals surface area contributed by atoms with Crippen LogP contribution in [0.15, 0.2) is 30.3 Å². The van der Waals surface area contributed by atoms with E-state index in [2.05, 4.69) is 5.32 Å². The average molecular weight is 403 g/mol. The minimum absolute atomic E-state index is 0.0175. The molecule has 0 spiro atoms. The molecule has 8 nitrogen and oxygen atoms in total. The molecule has 0 unspecified atom stereocenters. The first kappa shape index (κ1) is 22.3. The summed E-state index contributed by atoms with van der Waals surface area (Å²) < 4.78 is 13.5. The van der Waals surface area contributed by atoms with Gasteiger partial charge in [-0.3, -0.25) is 14.4 Å². The SMILES string of the molecule is CC(C)(CN(CC(N)=O)C(=O)c1ccccc1)NCC(=O)N1C[C@@H](F)C[C@H]1C#N. The molecule has 9 heteroatoms. The van der Waals surface area contributed by atoms with Crippen molar-refractivity contribution in [3.8, 4) is 6.07 Å². The lowest BCUT2D eigenvalue weighted by Crippen LogP contribution is -2.55. The van der Waals surface area contributed by atoms with Crippen LogP contribution in [0.1, 0.15) is 30.6 Å². The lowest BCUT2D eigenvalue weighted by molar-refractivity contribution is -0.130. The zero-order valence-electron chi connectivity index (χ0n) is 16.6. The van der Waals surface area contributed by atoms with Gasteiger partial charge in [0, 0.05) is 24.1 Å². The van der Waals surface area contributed by atoms with Crippen LogP contribution in [0.5, 0.6) is 0 Å². The standard InChI is InChI=1S/C20H26FN5O3/c1-20(2,24-10-18(28)26-11-15(21)8-16(26)9-22)13-25(12-17(23)27)19(29)14-6-4-3-5-7-14/h3-7,15-16,24H,8,10-13H2,1-2H3,(H2,23,27)/t15-,16-/m0/s1. The van der Waals surface area contributed by atoms with Gasteiger partial charge in [0.05, 0.1) is 25.7 Å². The van der Waals surface area contributed by atoms with Crippen LogP contribution < -0.4 is 11.1 Å². The maximum atomic E-state index is 13.5. The molecule has 0 bridgehead atoms. The van der Waals surface area contributed by atoms with E-state index in [1.807, 2.05) is 6.07 Å². The number of benzene rings is 1. The number of carbonyl (C=O) groups is 3. The Kier molecular flexibility index (Phi) is 7.29. The van der Waals surface area contributed by atoms with Gasteiger partial charge in [0.25, 0.3) is 5.91 Å². The highest BCUT2D eigenvalue weighted by Crippen LogP contribution is 2.20. The number of halogens is 1. The van der Waals surface area contributed by atoms with E-state index in [9.17, 15) is 18.8 Å². The third-order valence-corrected chi connectivity index (χ3v) is 4.68. The number of amides is 3. The number of hydrogen-bond acceptors (Lipinski definition) is 5. The number of nitrogens with one attached hydrogen (secondary N) is 1. The maximum absolute atomic E-state index is 13.5. The van der Waals surface area contributed by atoms with E-state index in [0.717, 1.165) is 0 Å². The van der Waals surface area contributed by atoms with E-state index in [4.69, 9.17) is 11.0 Å². The molecule has 2 rings (SSSR count). The molecule has 156 valence electrons. The first-order chi connectivity index (χ1) is 13.6. The van der Waals surface area contributed by atoms with E-state index in [1.54, 1.807) is 44.2 Å². The van der Waals surface area contributed by atoms with E-state index in [0.29, 0.717) is 5.56 Å². The molecule has 2 atom stereocenters. The van der Waals surface area contributed by atoms with Crippen molar-refractivity contribution in [2.24, 2.45) is 5.73 Å². The molecule has 1 aromatic carbocycles. The smallest absolute Gasteiger partial charge is 0.254 e. The maximum Gasteiger partial charge on any atom is 0.254 e. The van der Waals surface area contributed by atoms with Crippen LogP contribution >= 0.6 is 0 Å². The van der Waals surface area contributed by atoms with Gasteiger partial charge in [-0.15, -0.1) is 0 Å². The highest BCUT2D eigenvalue weighted by molar-refractivity contribution is 5.96. The molecule has 1 aromatic rings. The van der Waals surface area contributed by atoms with Gasteiger partial charge in [-0.1, -0.05) is 18.2 Å². The van der Waals surface area contributed by atoms with Gasteiger partial charge < -0.3 is 20.9 Å². The topological polar surface area (TPSA) is 120 Å². The van der Waals surface area contributed by atoms with Crippen LogP contribution in [0.2, 0.25) is 0 Å². The van der Waals surface area contributed by atoms with Crippen molar-refractivity contribution >= 4 is 17.7 Å². The first-order valence-electron chi connectivity index (χ1n) is 9.34. The van der Waals surface area contributed by atoms with Crippen molar-refractivity contribution < 1.29 is 18.8 Å². The van der Waals surface area contributed by atoms with Crippen LogP contribution in [0, 0.1) is 11.3 Å². The molecule has 1 heterocycles. The summed E-state index contributed by atoms with van der Waals surface area (Å²) in [4.78, 5) is 39.2. The third kappa shape index (κ3) is 6.26. The number of primary amides is 1. The third-order valence-electron chi connectivity index (χ3n) is 4.68. The zero-order chi connectivity index (χ0) is 21.6. The molecular weight excluding hydrogens is 377 g/mol. The Bertz CT molecular complexity index is 793. The summed E-state index contributed by atoms with van der Waals surface area (Å²) >= 11 is 0. The second-order valence-corrected chi connectivity index (χ2v) is 7.75. The molecule has 0 aliphatic carbocycles. The van der Waals surface area contributed by atoms with Crippen molar-refractivity contribution in [2.75, 3.05) is 26.2 Å². The minimum Gasteiger partial charge on any atom is -0.368 e. The molecule has 0 aromatic heterocycles. The predicted octanol–water partition coefficient (Wildman–Crippen LogP) is 0.445. The minimum atomic E-state index is -1.20. The van der Waals surface area contributed by atoms with Gasteiger partial charge >= 0.3 is 0 Å². The van der Waals surface area contributed by atoms with Crippen molar-refractivity contribution in [3.63, 3.8) is 0 Å². The monoisotopic (exact) mass is 403 g/mol. The Morgan fingerprint density at radius 1 is 1.34 bits per heavy atom. The fraction of sp³-hybridized carbons (Fsp3) is 0.500. The van der Waals surface area contributed by atoms with Crippen LogP contribution in [-0.2, 0) is 9.59 Å². The Morgan fingerprint density at radius 2 is 2.00 bits per heavy atom. The number of nitrogens with two attached hydrogens (primary N) is 1. The summed E-state index contributed by atoms with van der Waals surface area (Å²) in [7, 11) is 0. The Hall–Kier alpha value is -2.99. The second kappa shape index (κ2) is 9.47. The number of hydrogen-bond donors (Lipinski definition) is 2. The first-order valence-corrected chi connectivity index (χ1v) is 9.34. The number of nitrogens with zero attached hydrogens (tertiary/aromatic N) is 3. The lowest BCUT2D eigenvalue weighted by Gasteiger charge is -2.33. The highest BCUT2D eigenvalue weighted by Gasteiger charge is 2.36. The van der Waals surface area contributed by atoms with Crippen molar-refractivity contribution in [1.29, 1.82) is 5.26 Å². The molecule has 3 N–H and O–H groups in total. The van der Waals surface area contributed by atoms with Gasteiger partial charge in [-0.25, -0.2) is 4.39 Å². The van der Waals surface area contributed by atoms with E-state index in [1.165, 1.54) is 9.80 Å². The number of rotatable bonds is 8. The zero-order valence-corrected chi connectivity index (χ0v) is 16.6. The van der Waals surface area contributed by atoms with Crippen LogP contribution in [0.3, 0.4) is 0 Å². The summed E-state index contributed by atoms with van der Waals surface area (Å²) in [6, 6.07) is 9.67. The fourth-order valence-electron chi connectivity index (χ4n) is 3.28. The largest absolute Gasteiger partial charge is 0.368 e. The summed E-state index contributed by atoms with van der Waals surface area (Å²) in [5, 5.41) is 12.1. The lowest BCUT2D eigenvalue weighted by atomic mass is 10.0. The Labute approximate surface area is 169 Å². The molecule has 29 heavy (non-hydrogen) atoms. The molecule has 0 saturated carbocycles. The Balaban J connectivity index is 2.02. The normalized spacial score (nSPS) is 18.9. The van der Waals surface area contributed by atoms with Gasteiger partial charge in [-0.2, -0.15) is 5.26 Å². The highest BCUT2D eigenvalue weighted by atomic mass is 19.1. The van der Waals surface area contributed by atoms with Crippen LogP contribution in [0.4, 0.5) is 4.39 Å². The van der Waals surface area contributed by atoms with Gasteiger partial charge in [-0.05, 0) is 26.0 Å².